The van der Waals surface area contributed by atoms with Crippen LogP contribution in [0.2, 0.25) is 0 Å². The Morgan fingerprint density at radius 3 is 2.94 bits per heavy atom. The summed E-state index contributed by atoms with van der Waals surface area (Å²) in [6, 6.07) is -0.240. The molecular formula is C11H20N2O3S. The van der Waals surface area contributed by atoms with E-state index >= 15 is 0 Å². The Kier molecular flexibility index (Phi) is 5.64. The highest BCUT2D eigenvalue weighted by Gasteiger charge is 2.25. The van der Waals surface area contributed by atoms with Crippen LogP contribution >= 0.6 is 0 Å². The third-order valence-electron chi connectivity index (χ3n) is 2.60. The molecule has 2 N–H and O–H groups in total. The number of carbonyl (C=O) groups excluding carboxylic acids is 1. The van der Waals surface area contributed by atoms with E-state index < -0.39 is 9.84 Å². The van der Waals surface area contributed by atoms with E-state index in [2.05, 4.69) is 10.6 Å². The normalized spacial score (nSPS) is 23.7. The molecule has 0 saturated carbocycles. The third-order valence-corrected chi connectivity index (χ3v) is 4.34. The van der Waals surface area contributed by atoms with Crippen LogP contribution in [0.1, 0.15) is 19.8 Å². The highest BCUT2D eigenvalue weighted by Crippen LogP contribution is 2.04. The van der Waals surface area contributed by atoms with Gasteiger partial charge in [-0.2, -0.15) is 0 Å². The van der Waals surface area contributed by atoms with Crippen molar-refractivity contribution in [3.05, 3.63) is 12.2 Å². The number of hydrogen-bond donors (Lipinski definition) is 2. The summed E-state index contributed by atoms with van der Waals surface area (Å²) in [5.41, 5.74) is 0. The first-order valence-electron chi connectivity index (χ1n) is 5.85. The highest BCUT2D eigenvalue weighted by atomic mass is 32.2. The number of sulfone groups is 1. The summed E-state index contributed by atoms with van der Waals surface area (Å²) in [6.07, 6.45) is 4.94. The molecule has 0 aromatic rings. The number of allylic oxidation sites excluding steroid dienone is 1. The molecule has 1 heterocycles. The molecule has 5 nitrogen and oxygen atoms in total. The molecule has 6 heteroatoms. The van der Waals surface area contributed by atoms with Crippen LogP contribution in [0.3, 0.4) is 0 Å². The Bertz CT molecular complexity index is 376. The molecule has 1 fully saturated rings. The minimum atomic E-state index is -2.96. The van der Waals surface area contributed by atoms with E-state index in [1.54, 1.807) is 0 Å². The summed E-state index contributed by atoms with van der Waals surface area (Å²) in [6.45, 7) is 2.97. The van der Waals surface area contributed by atoms with Gasteiger partial charge in [-0.05, 0) is 13.3 Å². The van der Waals surface area contributed by atoms with Gasteiger partial charge in [0.05, 0.1) is 11.5 Å². The van der Waals surface area contributed by atoms with E-state index in [0.717, 1.165) is 6.42 Å². The molecule has 0 aliphatic carbocycles. The van der Waals surface area contributed by atoms with Crippen LogP contribution in [0.5, 0.6) is 0 Å². The summed E-state index contributed by atoms with van der Waals surface area (Å²) in [4.78, 5) is 11.5. The zero-order chi connectivity index (χ0) is 12.7. The van der Waals surface area contributed by atoms with Gasteiger partial charge in [0, 0.05) is 25.6 Å². The SMILES string of the molecule is C/C=C/CCNC(=O)CC1CS(=O)(=O)CCN1. The van der Waals surface area contributed by atoms with Crippen molar-refractivity contribution in [3.8, 4) is 0 Å². The maximum atomic E-state index is 11.5. The lowest BCUT2D eigenvalue weighted by atomic mass is 10.2. The van der Waals surface area contributed by atoms with E-state index in [1.807, 2.05) is 19.1 Å². The third kappa shape index (κ3) is 5.83. The van der Waals surface area contributed by atoms with Crippen molar-refractivity contribution in [3.63, 3.8) is 0 Å². The predicted molar refractivity (Wildman–Crippen MR) is 67.5 cm³/mol. The molecule has 1 atom stereocenters. The van der Waals surface area contributed by atoms with Crippen LogP contribution < -0.4 is 10.6 Å². The van der Waals surface area contributed by atoms with Crippen molar-refractivity contribution >= 4 is 15.7 Å². The van der Waals surface area contributed by atoms with E-state index in [1.165, 1.54) is 0 Å². The average Bonchev–Trinajstić information content (AvgIpc) is 2.23. The Labute approximate surface area is 103 Å². The largest absolute Gasteiger partial charge is 0.356 e. The lowest BCUT2D eigenvalue weighted by molar-refractivity contribution is -0.121. The summed E-state index contributed by atoms with van der Waals surface area (Å²) < 4.78 is 22.7. The van der Waals surface area contributed by atoms with Gasteiger partial charge in [0.2, 0.25) is 5.91 Å². The second kappa shape index (κ2) is 6.76. The molecule has 1 amide bonds. The van der Waals surface area contributed by atoms with Gasteiger partial charge in [0.15, 0.2) is 9.84 Å². The van der Waals surface area contributed by atoms with Gasteiger partial charge >= 0.3 is 0 Å². The van der Waals surface area contributed by atoms with Gasteiger partial charge in [-0.25, -0.2) is 8.42 Å². The predicted octanol–water partition coefficient (Wildman–Crippen LogP) is -0.154. The molecule has 1 unspecified atom stereocenters. The van der Waals surface area contributed by atoms with Crippen LogP contribution in [0.15, 0.2) is 12.2 Å². The van der Waals surface area contributed by atoms with Gasteiger partial charge < -0.3 is 10.6 Å². The van der Waals surface area contributed by atoms with Crippen molar-refractivity contribution in [1.29, 1.82) is 0 Å². The Balaban J connectivity index is 2.26. The van der Waals surface area contributed by atoms with E-state index in [4.69, 9.17) is 0 Å². The van der Waals surface area contributed by atoms with Crippen LogP contribution in [0, 0.1) is 0 Å². The molecule has 0 spiro atoms. The number of amides is 1. The number of hydrogen-bond acceptors (Lipinski definition) is 4. The number of rotatable bonds is 5. The number of nitrogens with one attached hydrogen (secondary N) is 2. The average molecular weight is 260 g/mol. The zero-order valence-electron chi connectivity index (χ0n) is 10.1. The number of carbonyl (C=O) groups is 1. The summed E-state index contributed by atoms with van der Waals surface area (Å²) in [5, 5.41) is 5.82. The fraction of sp³-hybridized carbons (Fsp3) is 0.727. The monoisotopic (exact) mass is 260 g/mol. The summed E-state index contributed by atoms with van der Waals surface area (Å²) in [5.74, 6) is 0.144. The lowest BCUT2D eigenvalue weighted by Gasteiger charge is -2.23. The molecule has 1 aliphatic heterocycles. The fourth-order valence-electron chi connectivity index (χ4n) is 1.76. The van der Waals surface area contributed by atoms with Crippen molar-refractivity contribution in [1.82, 2.24) is 10.6 Å². The Morgan fingerprint density at radius 1 is 1.53 bits per heavy atom. The molecular weight excluding hydrogens is 240 g/mol. The van der Waals surface area contributed by atoms with E-state index in [-0.39, 0.29) is 29.9 Å². The second-order valence-electron chi connectivity index (χ2n) is 4.18. The molecule has 0 aromatic carbocycles. The standard InChI is InChI=1S/C11H20N2O3S/c1-2-3-4-5-13-11(14)8-10-9-17(15,16)7-6-12-10/h2-3,10,12H,4-9H2,1H3,(H,13,14)/b3-2+. The smallest absolute Gasteiger partial charge is 0.221 e. The van der Waals surface area contributed by atoms with Gasteiger partial charge in [-0.15, -0.1) is 0 Å². The first kappa shape index (κ1) is 14.2. The Morgan fingerprint density at radius 2 is 2.29 bits per heavy atom. The first-order chi connectivity index (χ1) is 8.03. The van der Waals surface area contributed by atoms with Gasteiger partial charge in [-0.3, -0.25) is 4.79 Å². The van der Waals surface area contributed by atoms with E-state index in [0.29, 0.717) is 13.1 Å². The van der Waals surface area contributed by atoms with Crippen molar-refractivity contribution in [2.45, 2.75) is 25.8 Å². The van der Waals surface area contributed by atoms with Crippen LogP contribution in [-0.4, -0.2) is 45.0 Å². The minimum absolute atomic E-state index is 0.0648. The van der Waals surface area contributed by atoms with Gasteiger partial charge in [-0.1, -0.05) is 12.2 Å². The Hall–Kier alpha value is -0.880. The molecule has 1 rings (SSSR count). The van der Waals surface area contributed by atoms with E-state index in [9.17, 15) is 13.2 Å². The molecule has 98 valence electrons. The molecule has 0 aromatic heterocycles. The fourth-order valence-corrected chi connectivity index (χ4v) is 3.20. The zero-order valence-corrected chi connectivity index (χ0v) is 10.9. The van der Waals surface area contributed by atoms with Crippen molar-refractivity contribution < 1.29 is 13.2 Å². The van der Waals surface area contributed by atoms with Crippen LogP contribution in [0.4, 0.5) is 0 Å². The van der Waals surface area contributed by atoms with Gasteiger partial charge in [0.1, 0.15) is 0 Å². The quantitative estimate of drug-likeness (QED) is 0.532. The van der Waals surface area contributed by atoms with Crippen molar-refractivity contribution in [2.75, 3.05) is 24.6 Å². The molecule has 0 radical (unpaired) electrons. The highest BCUT2D eigenvalue weighted by molar-refractivity contribution is 7.91. The second-order valence-corrected chi connectivity index (χ2v) is 6.41. The lowest BCUT2D eigenvalue weighted by Crippen LogP contribution is -2.47. The van der Waals surface area contributed by atoms with Gasteiger partial charge in [0.25, 0.3) is 0 Å². The molecule has 1 aliphatic rings. The van der Waals surface area contributed by atoms with Crippen molar-refractivity contribution in [2.24, 2.45) is 0 Å². The van der Waals surface area contributed by atoms with Crippen LogP contribution in [-0.2, 0) is 14.6 Å². The summed E-state index contributed by atoms with van der Waals surface area (Å²) >= 11 is 0. The molecule has 0 bridgehead atoms. The maximum absolute atomic E-state index is 11.5. The molecule has 1 saturated heterocycles. The first-order valence-corrected chi connectivity index (χ1v) is 7.67. The maximum Gasteiger partial charge on any atom is 0.221 e. The summed E-state index contributed by atoms with van der Waals surface area (Å²) in [7, 11) is -2.96. The van der Waals surface area contributed by atoms with Crippen LogP contribution in [0.25, 0.3) is 0 Å². The minimum Gasteiger partial charge on any atom is -0.356 e. The molecule has 17 heavy (non-hydrogen) atoms. The topological polar surface area (TPSA) is 75.3 Å².